The van der Waals surface area contributed by atoms with E-state index in [4.69, 9.17) is 4.74 Å². The number of hydrogen-bond donors (Lipinski definition) is 1. The SMILES string of the molecule is COc1cc(C2(O)CC2)cc(F)c1C. The molecule has 1 N–H and O–H groups in total. The molecule has 1 aromatic rings. The monoisotopic (exact) mass is 196 g/mol. The lowest BCUT2D eigenvalue weighted by molar-refractivity contribution is 0.150. The summed E-state index contributed by atoms with van der Waals surface area (Å²) in [5.74, 6) is 0.181. The Labute approximate surface area is 82.3 Å². The number of hydrogen-bond acceptors (Lipinski definition) is 2. The topological polar surface area (TPSA) is 29.5 Å². The van der Waals surface area contributed by atoms with E-state index in [0.717, 1.165) is 0 Å². The molecule has 0 bridgehead atoms. The molecule has 2 nitrogen and oxygen atoms in total. The Kier molecular flexibility index (Phi) is 2.00. The number of benzene rings is 1. The van der Waals surface area contributed by atoms with Crippen LogP contribution in [-0.4, -0.2) is 12.2 Å². The van der Waals surface area contributed by atoms with Gasteiger partial charge in [0.25, 0.3) is 0 Å². The van der Waals surface area contributed by atoms with Crippen molar-refractivity contribution in [2.45, 2.75) is 25.4 Å². The molecule has 1 fully saturated rings. The highest BCUT2D eigenvalue weighted by atomic mass is 19.1. The molecule has 3 heteroatoms. The first-order valence-electron chi connectivity index (χ1n) is 4.64. The summed E-state index contributed by atoms with van der Waals surface area (Å²) < 4.78 is 18.4. The van der Waals surface area contributed by atoms with E-state index >= 15 is 0 Å². The second-order valence-corrected chi connectivity index (χ2v) is 3.82. The molecule has 14 heavy (non-hydrogen) atoms. The van der Waals surface area contributed by atoms with Gasteiger partial charge in [-0.15, -0.1) is 0 Å². The molecule has 0 aromatic heterocycles. The molecule has 2 rings (SSSR count). The van der Waals surface area contributed by atoms with Gasteiger partial charge >= 0.3 is 0 Å². The Morgan fingerprint density at radius 1 is 1.43 bits per heavy atom. The van der Waals surface area contributed by atoms with Gasteiger partial charge in [-0.05, 0) is 37.5 Å². The predicted molar refractivity (Wildman–Crippen MR) is 50.8 cm³/mol. The van der Waals surface area contributed by atoms with E-state index in [9.17, 15) is 9.50 Å². The molecular weight excluding hydrogens is 183 g/mol. The van der Waals surface area contributed by atoms with Crippen molar-refractivity contribution >= 4 is 0 Å². The summed E-state index contributed by atoms with van der Waals surface area (Å²) in [6.45, 7) is 1.66. The number of ether oxygens (including phenoxy) is 1. The maximum atomic E-state index is 13.4. The quantitative estimate of drug-likeness (QED) is 0.785. The average Bonchev–Trinajstić information content (AvgIpc) is 2.89. The van der Waals surface area contributed by atoms with Crippen LogP contribution in [0.4, 0.5) is 4.39 Å². The van der Waals surface area contributed by atoms with Gasteiger partial charge in [0.2, 0.25) is 0 Å². The van der Waals surface area contributed by atoms with Gasteiger partial charge in [-0.1, -0.05) is 0 Å². The van der Waals surface area contributed by atoms with Gasteiger partial charge in [0.1, 0.15) is 11.6 Å². The average molecular weight is 196 g/mol. The van der Waals surface area contributed by atoms with Crippen molar-refractivity contribution in [2.24, 2.45) is 0 Å². The van der Waals surface area contributed by atoms with E-state index in [0.29, 0.717) is 29.7 Å². The summed E-state index contributed by atoms with van der Waals surface area (Å²) in [7, 11) is 1.50. The van der Waals surface area contributed by atoms with Crippen LogP contribution in [0.1, 0.15) is 24.0 Å². The zero-order valence-electron chi connectivity index (χ0n) is 8.30. The van der Waals surface area contributed by atoms with Gasteiger partial charge < -0.3 is 9.84 Å². The number of rotatable bonds is 2. The van der Waals surface area contributed by atoms with Crippen LogP contribution in [0, 0.1) is 12.7 Å². The van der Waals surface area contributed by atoms with Crippen LogP contribution >= 0.6 is 0 Å². The molecule has 1 aromatic carbocycles. The molecule has 1 aliphatic rings. The van der Waals surface area contributed by atoms with Crippen LogP contribution in [-0.2, 0) is 5.60 Å². The van der Waals surface area contributed by atoms with Crippen molar-refractivity contribution in [1.29, 1.82) is 0 Å². The molecule has 0 radical (unpaired) electrons. The van der Waals surface area contributed by atoms with Crippen LogP contribution in [0.25, 0.3) is 0 Å². The van der Waals surface area contributed by atoms with Crippen molar-refractivity contribution in [2.75, 3.05) is 7.11 Å². The molecule has 0 atom stereocenters. The molecule has 1 aliphatic carbocycles. The van der Waals surface area contributed by atoms with Crippen molar-refractivity contribution in [1.82, 2.24) is 0 Å². The van der Waals surface area contributed by atoms with Crippen molar-refractivity contribution < 1.29 is 14.2 Å². The molecule has 0 unspecified atom stereocenters. The molecule has 0 saturated heterocycles. The summed E-state index contributed by atoms with van der Waals surface area (Å²) in [5, 5.41) is 9.81. The number of methoxy groups -OCH3 is 1. The highest BCUT2D eigenvalue weighted by molar-refractivity contribution is 5.41. The van der Waals surface area contributed by atoms with Crippen LogP contribution in [0.2, 0.25) is 0 Å². The lowest BCUT2D eigenvalue weighted by atomic mass is 10.0. The number of halogens is 1. The van der Waals surface area contributed by atoms with E-state index in [-0.39, 0.29) is 5.82 Å². The lowest BCUT2D eigenvalue weighted by Crippen LogP contribution is -2.06. The van der Waals surface area contributed by atoms with Crippen LogP contribution in [0.5, 0.6) is 5.75 Å². The Balaban J connectivity index is 2.48. The molecule has 0 aliphatic heterocycles. The maximum Gasteiger partial charge on any atom is 0.130 e. The highest BCUT2D eigenvalue weighted by Crippen LogP contribution is 2.46. The lowest BCUT2D eigenvalue weighted by Gasteiger charge is -2.12. The van der Waals surface area contributed by atoms with E-state index in [2.05, 4.69) is 0 Å². The Morgan fingerprint density at radius 2 is 2.07 bits per heavy atom. The van der Waals surface area contributed by atoms with Crippen LogP contribution < -0.4 is 4.74 Å². The summed E-state index contributed by atoms with van der Waals surface area (Å²) in [4.78, 5) is 0. The van der Waals surface area contributed by atoms with Crippen LogP contribution in [0.3, 0.4) is 0 Å². The summed E-state index contributed by atoms with van der Waals surface area (Å²) >= 11 is 0. The highest BCUT2D eigenvalue weighted by Gasteiger charge is 2.42. The predicted octanol–water partition coefficient (Wildman–Crippen LogP) is 2.12. The third-order valence-corrected chi connectivity index (χ3v) is 2.78. The Bertz CT molecular complexity index is 370. The first kappa shape index (κ1) is 9.46. The van der Waals surface area contributed by atoms with E-state index < -0.39 is 5.60 Å². The smallest absolute Gasteiger partial charge is 0.130 e. The fourth-order valence-corrected chi connectivity index (χ4v) is 1.54. The first-order chi connectivity index (χ1) is 6.57. The minimum Gasteiger partial charge on any atom is -0.496 e. The zero-order chi connectivity index (χ0) is 10.3. The summed E-state index contributed by atoms with van der Waals surface area (Å²) in [6, 6.07) is 3.11. The normalized spacial score (nSPS) is 18.0. The molecule has 1 saturated carbocycles. The van der Waals surface area contributed by atoms with Crippen molar-refractivity contribution in [3.8, 4) is 5.75 Å². The first-order valence-corrected chi connectivity index (χ1v) is 4.64. The molecule has 0 heterocycles. The molecule has 0 amide bonds. The molecular formula is C11H13FO2. The van der Waals surface area contributed by atoms with E-state index in [1.807, 2.05) is 0 Å². The molecule has 0 spiro atoms. The van der Waals surface area contributed by atoms with E-state index in [1.165, 1.54) is 13.2 Å². The second kappa shape index (κ2) is 2.95. The largest absolute Gasteiger partial charge is 0.496 e. The minimum atomic E-state index is -0.804. The van der Waals surface area contributed by atoms with Gasteiger partial charge in [0.05, 0.1) is 12.7 Å². The van der Waals surface area contributed by atoms with Gasteiger partial charge in [0.15, 0.2) is 0 Å². The Morgan fingerprint density at radius 3 is 2.57 bits per heavy atom. The van der Waals surface area contributed by atoms with Gasteiger partial charge in [-0.2, -0.15) is 0 Å². The minimum absolute atomic E-state index is 0.320. The fraction of sp³-hybridized carbons (Fsp3) is 0.455. The zero-order valence-corrected chi connectivity index (χ0v) is 8.30. The third kappa shape index (κ3) is 1.38. The van der Waals surface area contributed by atoms with Gasteiger partial charge in [-0.25, -0.2) is 4.39 Å². The fourth-order valence-electron chi connectivity index (χ4n) is 1.54. The third-order valence-electron chi connectivity index (χ3n) is 2.78. The maximum absolute atomic E-state index is 13.4. The van der Waals surface area contributed by atoms with Crippen LogP contribution in [0.15, 0.2) is 12.1 Å². The number of aliphatic hydroxyl groups is 1. The van der Waals surface area contributed by atoms with Gasteiger partial charge in [0, 0.05) is 5.56 Å². The van der Waals surface area contributed by atoms with Crippen molar-refractivity contribution in [3.05, 3.63) is 29.1 Å². The van der Waals surface area contributed by atoms with Crippen molar-refractivity contribution in [3.63, 3.8) is 0 Å². The summed E-state index contributed by atoms with van der Waals surface area (Å²) in [6.07, 6.45) is 1.41. The molecule has 76 valence electrons. The Hall–Kier alpha value is -1.09. The van der Waals surface area contributed by atoms with E-state index in [1.54, 1.807) is 13.0 Å². The summed E-state index contributed by atoms with van der Waals surface area (Å²) in [5.41, 5.74) is 0.305. The second-order valence-electron chi connectivity index (χ2n) is 3.82. The standard InChI is InChI=1S/C11H13FO2/c1-7-9(12)5-8(6-10(7)14-2)11(13)3-4-11/h5-6,13H,3-4H2,1-2H3. The van der Waals surface area contributed by atoms with Gasteiger partial charge in [-0.3, -0.25) is 0 Å².